The molecule has 0 aliphatic heterocycles. The van der Waals surface area contributed by atoms with Crippen molar-refractivity contribution in [2.24, 2.45) is 7.05 Å². The fourth-order valence-corrected chi connectivity index (χ4v) is 1.49. The van der Waals surface area contributed by atoms with E-state index >= 15 is 0 Å². The van der Waals surface area contributed by atoms with Crippen LogP contribution in [0.15, 0.2) is 0 Å². The number of aryl methyl sites for hydroxylation is 2. The smallest absolute Gasteiger partial charge is 0.168 e. The number of aromatic nitrogens is 2. The molecule has 84 valence electrons. The molecule has 0 saturated heterocycles. The first-order valence-corrected chi connectivity index (χ1v) is 5.05. The summed E-state index contributed by atoms with van der Waals surface area (Å²) >= 11 is 5.97. The van der Waals surface area contributed by atoms with E-state index in [-0.39, 0.29) is 12.2 Å². The van der Waals surface area contributed by atoms with Gasteiger partial charge in [-0.05, 0) is 20.8 Å². The van der Waals surface area contributed by atoms with Crippen LogP contribution >= 0.6 is 11.6 Å². The van der Waals surface area contributed by atoms with E-state index in [0.717, 1.165) is 5.69 Å². The molecule has 1 aromatic rings. The first kappa shape index (κ1) is 12.2. The van der Waals surface area contributed by atoms with Crippen LogP contribution in [0.1, 0.15) is 25.1 Å². The summed E-state index contributed by atoms with van der Waals surface area (Å²) < 4.78 is 1.52. The second-order valence-corrected chi connectivity index (χ2v) is 4.50. The lowest BCUT2D eigenvalue weighted by molar-refractivity contribution is -0.133. The van der Waals surface area contributed by atoms with E-state index in [1.54, 1.807) is 14.0 Å². The van der Waals surface area contributed by atoms with Crippen molar-refractivity contribution in [1.82, 2.24) is 9.78 Å². The van der Waals surface area contributed by atoms with Gasteiger partial charge in [-0.3, -0.25) is 9.48 Å². The fourth-order valence-electron chi connectivity index (χ4n) is 1.25. The third-order valence-corrected chi connectivity index (χ3v) is 2.76. The van der Waals surface area contributed by atoms with Crippen LogP contribution in [-0.2, 0) is 18.3 Å². The number of ketones is 1. The van der Waals surface area contributed by atoms with Gasteiger partial charge in [0, 0.05) is 19.0 Å². The molecule has 1 N–H and O–H groups in total. The van der Waals surface area contributed by atoms with Gasteiger partial charge in [-0.25, -0.2) is 0 Å². The maximum absolute atomic E-state index is 11.6. The molecule has 5 heteroatoms. The van der Waals surface area contributed by atoms with Crippen LogP contribution in [0.5, 0.6) is 0 Å². The highest BCUT2D eigenvalue weighted by atomic mass is 35.5. The number of rotatable bonds is 3. The summed E-state index contributed by atoms with van der Waals surface area (Å²) in [5.74, 6) is -0.263. The molecule has 0 atom stereocenters. The van der Waals surface area contributed by atoms with Crippen molar-refractivity contribution >= 4 is 17.4 Å². The minimum absolute atomic E-state index is 0.113. The van der Waals surface area contributed by atoms with Gasteiger partial charge < -0.3 is 5.11 Å². The van der Waals surface area contributed by atoms with Crippen molar-refractivity contribution in [1.29, 1.82) is 0 Å². The van der Waals surface area contributed by atoms with Crippen LogP contribution < -0.4 is 0 Å². The minimum Gasteiger partial charge on any atom is -0.383 e. The Bertz CT molecular complexity index is 391. The highest BCUT2D eigenvalue weighted by Crippen LogP contribution is 2.21. The number of carbonyl (C=O) groups excluding carboxylic acids is 1. The summed E-state index contributed by atoms with van der Waals surface area (Å²) in [5.41, 5.74) is 0.0809. The van der Waals surface area contributed by atoms with Crippen LogP contribution in [-0.4, -0.2) is 26.3 Å². The predicted octanol–water partition coefficient (Wildman–Crippen LogP) is 1.26. The molecular weight excluding hydrogens is 216 g/mol. The van der Waals surface area contributed by atoms with E-state index in [1.165, 1.54) is 18.5 Å². The molecule has 4 nitrogen and oxygen atoms in total. The topological polar surface area (TPSA) is 55.1 Å². The number of halogens is 1. The fraction of sp³-hybridized carbons (Fsp3) is 0.600. The van der Waals surface area contributed by atoms with E-state index in [2.05, 4.69) is 5.10 Å². The summed E-state index contributed by atoms with van der Waals surface area (Å²) in [5, 5.41) is 14.1. The van der Waals surface area contributed by atoms with Crippen molar-refractivity contribution < 1.29 is 9.90 Å². The first-order valence-electron chi connectivity index (χ1n) is 4.67. The minimum atomic E-state index is -1.33. The van der Waals surface area contributed by atoms with Crippen LogP contribution in [0.25, 0.3) is 0 Å². The third-order valence-electron chi connectivity index (χ3n) is 2.29. The van der Waals surface area contributed by atoms with Crippen LogP contribution in [0.4, 0.5) is 0 Å². The van der Waals surface area contributed by atoms with Gasteiger partial charge in [-0.15, -0.1) is 0 Å². The molecule has 1 heterocycles. The van der Waals surface area contributed by atoms with E-state index in [0.29, 0.717) is 10.7 Å². The van der Waals surface area contributed by atoms with E-state index in [9.17, 15) is 9.90 Å². The lowest BCUT2D eigenvalue weighted by atomic mass is 9.98. The van der Waals surface area contributed by atoms with Gasteiger partial charge in [0.25, 0.3) is 0 Å². The number of nitrogens with zero attached hydrogens (tertiary/aromatic N) is 2. The highest BCUT2D eigenvalue weighted by molar-refractivity contribution is 6.30. The Kier molecular flexibility index (Phi) is 3.21. The first-order chi connectivity index (χ1) is 6.73. The normalized spacial score (nSPS) is 11.9. The highest BCUT2D eigenvalue weighted by Gasteiger charge is 2.26. The van der Waals surface area contributed by atoms with Crippen molar-refractivity contribution in [3.8, 4) is 0 Å². The Labute approximate surface area is 93.9 Å². The number of aliphatic hydroxyl groups is 1. The molecule has 0 spiro atoms. The Morgan fingerprint density at radius 3 is 2.47 bits per heavy atom. The number of hydrogen-bond acceptors (Lipinski definition) is 3. The zero-order valence-electron chi connectivity index (χ0n) is 9.33. The largest absolute Gasteiger partial charge is 0.383 e. The zero-order chi connectivity index (χ0) is 11.8. The van der Waals surface area contributed by atoms with Crippen molar-refractivity contribution in [3.63, 3.8) is 0 Å². The van der Waals surface area contributed by atoms with Crippen LogP contribution in [0.2, 0.25) is 5.15 Å². The molecule has 0 fully saturated rings. The number of carbonyl (C=O) groups is 1. The molecule has 0 aliphatic carbocycles. The SMILES string of the molecule is Cc1nn(C)c(Cl)c1CC(=O)C(C)(C)O. The second-order valence-electron chi connectivity index (χ2n) is 4.14. The molecule has 0 aromatic carbocycles. The lowest BCUT2D eigenvalue weighted by Gasteiger charge is -2.14. The van der Waals surface area contributed by atoms with Gasteiger partial charge in [-0.1, -0.05) is 11.6 Å². The predicted molar refractivity (Wildman–Crippen MR) is 58.0 cm³/mol. The maximum Gasteiger partial charge on any atom is 0.168 e. The Morgan fingerprint density at radius 1 is 1.60 bits per heavy atom. The molecule has 1 rings (SSSR count). The average molecular weight is 231 g/mol. The van der Waals surface area contributed by atoms with Gasteiger partial charge in [0.15, 0.2) is 5.78 Å². The van der Waals surface area contributed by atoms with Gasteiger partial charge in [0.2, 0.25) is 0 Å². The second kappa shape index (κ2) is 3.94. The maximum atomic E-state index is 11.6. The molecule has 1 aromatic heterocycles. The quantitative estimate of drug-likeness (QED) is 0.851. The van der Waals surface area contributed by atoms with E-state index in [4.69, 9.17) is 11.6 Å². The van der Waals surface area contributed by atoms with E-state index < -0.39 is 5.60 Å². The average Bonchev–Trinajstić information content (AvgIpc) is 2.30. The lowest BCUT2D eigenvalue weighted by Crippen LogP contribution is -2.32. The van der Waals surface area contributed by atoms with Crippen molar-refractivity contribution in [2.75, 3.05) is 0 Å². The molecule has 15 heavy (non-hydrogen) atoms. The van der Waals surface area contributed by atoms with Gasteiger partial charge in [0.1, 0.15) is 10.8 Å². The molecule has 0 aliphatic rings. The molecular formula is C10H15ClN2O2. The zero-order valence-corrected chi connectivity index (χ0v) is 10.1. The Morgan fingerprint density at radius 2 is 2.13 bits per heavy atom. The molecule has 0 bridgehead atoms. The van der Waals surface area contributed by atoms with Crippen LogP contribution in [0.3, 0.4) is 0 Å². The summed E-state index contributed by atoms with van der Waals surface area (Å²) in [4.78, 5) is 11.6. The van der Waals surface area contributed by atoms with Gasteiger partial charge in [-0.2, -0.15) is 5.10 Å². The number of hydrogen-bond donors (Lipinski definition) is 1. The summed E-state index contributed by atoms with van der Waals surface area (Å²) in [7, 11) is 1.72. The molecule has 0 amide bonds. The molecule has 0 radical (unpaired) electrons. The standard InChI is InChI=1S/C10H15ClN2O2/c1-6-7(9(11)13(4)12-6)5-8(14)10(2,3)15/h15H,5H2,1-4H3. The van der Waals surface area contributed by atoms with Gasteiger partial charge >= 0.3 is 0 Å². The summed E-state index contributed by atoms with van der Waals surface area (Å²) in [6.07, 6.45) is 0.113. The molecule has 0 saturated carbocycles. The Balaban J connectivity index is 2.95. The summed E-state index contributed by atoms with van der Waals surface area (Å²) in [6, 6.07) is 0. The third kappa shape index (κ3) is 2.58. The van der Waals surface area contributed by atoms with E-state index in [1.807, 2.05) is 0 Å². The summed E-state index contributed by atoms with van der Waals surface area (Å²) in [6.45, 7) is 4.72. The Hall–Kier alpha value is -0.870. The van der Waals surface area contributed by atoms with Crippen LogP contribution in [0, 0.1) is 6.92 Å². The van der Waals surface area contributed by atoms with Crippen molar-refractivity contribution in [3.05, 3.63) is 16.4 Å². The van der Waals surface area contributed by atoms with Gasteiger partial charge in [0.05, 0.1) is 5.69 Å². The monoisotopic (exact) mass is 230 g/mol. The molecule has 0 unspecified atom stereocenters. The van der Waals surface area contributed by atoms with Crippen molar-refractivity contribution in [2.45, 2.75) is 32.8 Å². The number of Topliss-reactive ketones (excluding diaryl/α,β-unsaturated/α-hetero) is 1.